The molecule has 23 heavy (non-hydrogen) atoms. The molecular formula is C15H20N4O3S. The topological polar surface area (TPSA) is 75.0 Å². The first kappa shape index (κ1) is 15.9. The van der Waals surface area contributed by atoms with Gasteiger partial charge in [0, 0.05) is 38.6 Å². The van der Waals surface area contributed by atoms with Crippen LogP contribution in [0.3, 0.4) is 0 Å². The molecule has 0 bridgehead atoms. The van der Waals surface area contributed by atoms with E-state index in [0.717, 1.165) is 11.2 Å². The Hall–Kier alpha value is -1.93. The number of imidazole rings is 1. The fourth-order valence-corrected chi connectivity index (χ4v) is 3.79. The Morgan fingerprint density at radius 1 is 1.26 bits per heavy atom. The van der Waals surface area contributed by atoms with Gasteiger partial charge in [0.15, 0.2) is 0 Å². The van der Waals surface area contributed by atoms with Crippen LogP contribution >= 0.6 is 0 Å². The van der Waals surface area contributed by atoms with Crippen LogP contribution in [0.15, 0.2) is 24.5 Å². The largest absolute Gasteiger partial charge is 0.335 e. The van der Waals surface area contributed by atoms with Crippen molar-refractivity contribution in [3.63, 3.8) is 0 Å². The van der Waals surface area contributed by atoms with Gasteiger partial charge in [-0.3, -0.25) is 4.79 Å². The molecule has 1 amide bonds. The number of hydrogen-bond acceptors (Lipinski definition) is 4. The van der Waals surface area contributed by atoms with Gasteiger partial charge in [-0.1, -0.05) is 0 Å². The number of hydrogen-bond donors (Lipinski definition) is 0. The number of pyridine rings is 1. The summed E-state index contributed by atoms with van der Waals surface area (Å²) >= 11 is 0. The summed E-state index contributed by atoms with van der Waals surface area (Å²) in [4.78, 5) is 18.6. The summed E-state index contributed by atoms with van der Waals surface area (Å²) in [5.41, 5.74) is 2.21. The number of nitrogens with zero attached hydrogens (tertiary/aromatic N) is 4. The lowest BCUT2D eigenvalue weighted by atomic mass is 10.3. The zero-order chi connectivity index (χ0) is 16.6. The third kappa shape index (κ3) is 3.09. The number of rotatable bonds is 3. The molecular weight excluding hydrogens is 316 g/mol. The standard InChI is InChI=1S/C15H20N4O3S/c1-3-23(21,22)19-8-6-17(7-9-19)15(20)13-11-18-5-4-12(2)10-14(18)16-13/h4-5,10-11H,3,6-9H2,1-2H3. The first-order chi connectivity index (χ1) is 10.9. The quantitative estimate of drug-likeness (QED) is 0.829. The van der Waals surface area contributed by atoms with E-state index in [1.54, 1.807) is 18.0 Å². The molecule has 1 aliphatic rings. The van der Waals surface area contributed by atoms with Gasteiger partial charge in [-0.2, -0.15) is 4.31 Å². The van der Waals surface area contributed by atoms with Crippen LogP contribution in [0.1, 0.15) is 23.0 Å². The van der Waals surface area contributed by atoms with Crippen molar-refractivity contribution in [3.8, 4) is 0 Å². The highest BCUT2D eigenvalue weighted by molar-refractivity contribution is 7.89. The Morgan fingerprint density at radius 2 is 1.96 bits per heavy atom. The monoisotopic (exact) mass is 336 g/mol. The molecule has 3 rings (SSSR count). The maximum absolute atomic E-state index is 12.6. The maximum Gasteiger partial charge on any atom is 0.274 e. The molecule has 8 heteroatoms. The normalized spacial score (nSPS) is 16.9. The summed E-state index contributed by atoms with van der Waals surface area (Å²) < 4.78 is 27.0. The van der Waals surface area contributed by atoms with E-state index in [1.165, 1.54) is 4.31 Å². The highest BCUT2D eigenvalue weighted by atomic mass is 32.2. The van der Waals surface area contributed by atoms with Crippen LogP contribution in [0.2, 0.25) is 0 Å². The van der Waals surface area contributed by atoms with E-state index in [1.807, 2.05) is 29.7 Å². The second-order valence-corrected chi connectivity index (χ2v) is 7.95. The van der Waals surface area contributed by atoms with Gasteiger partial charge in [-0.15, -0.1) is 0 Å². The zero-order valence-electron chi connectivity index (χ0n) is 13.3. The summed E-state index contributed by atoms with van der Waals surface area (Å²) in [7, 11) is -3.18. The fraction of sp³-hybridized carbons (Fsp3) is 0.467. The molecule has 1 aliphatic heterocycles. The van der Waals surface area contributed by atoms with Crippen molar-refractivity contribution in [1.82, 2.24) is 18.6 Å². The highest BCUT2D eigenvalue weighted by Gasteiger charge is 2.28. The second kappa shape index (κ2) is 5.93. The van der Waals surface area contributed by atoms with Crippen LogP contribution in [-0.2, 0) is 10.0 Å². The van der Waals surface area contributed by atoms with Crippen LogP contribution in [0.4, 0.5) is 0 Å². The summed E-state index contributed by atoms with van der Waals surface area (Å²) in [6.07, 6.45) is 3.59. The number of aromatic nitrogens is 2. The average molecular weight is 336 g/mol. The predicted octanol–water partition coefficient (Wildman–Crippen LogP) is 0.750. The maximum atomic E-state index is 12.6. The molecule has 2 aromatic heterocycles. The van der Waals surface area contributed by atoms with Gasteiger partial charge in [-0.05, 0) is 31.5 Å². The molecule has 3 heterocycles. The van der Waals surface area contributed by atoms with Crippen LogP contribution in [0, 0.1) is 6.92 Å². The Balaban J connectivity index is 1.74. The third-order valence-electron chi connectivity index (χ3n) is 4.12. The SMILES string of the molecule is CCS(=O)(=O)N1CCN(C(=O)c2cn3ccc(C)cc3n2)CC1. The average Bonchev–Trinajstić information content (AvgIpc) is 2.97. The summed E-state index contributed by atoms with van der Waals surface area (Å²) in [5, 5.41) is 0. The number of piperazine rings is 1. The van der Waals surface area contributed by atoms with E-state index in [2.05, 4.69) is 4.98 Å². The number of amides is 1. The van der Waals surface area contributed by atoms with Crippen molar-refractivity contribution in [2.45, 2.75) is 13.8 Å². The molecule has 0 N–H and O–H groups in total. The van der Waals surface area contributed by atoms with Gasteiger partial charge in [0.05, 0.1) is 5.75 Å². The lowest BCUT2D eigenvalue weighted by Crippen LogP contribution is -2.50. The molecule has 0 spiro atoms. The van der Waals surface area contributed by atoms with Gasteiger partial charge < -0.3 is 9.30 Å². The molecule has 0 aromatic carbocycles. The second-order valence-electron chi connectivity index (χ2n) is 5.69. The minimum Gasteiger partial charge on any atom is -0.335 e. The summed E-state index contributed by atoms with van der Waals surface area (Å²) in [6, 6.07) is 3.87. The van der Waals surface area contributed by atoms with Crippen LogP contribution in [0.5, 0.6) is 0 Å². The van der Waals surface area contributed by atoms with E-state index in [4.69, 9.17) is 0 Å². The first-order valence-electron chi connectivity index (χ1n) is 7.63. The van der Waals surface area contributed by atoms with Crippen LogP contribution in [0.25, 0.3) is 5.65 Å². The zero-order valence-corrected chi connectivity index (χ0v) is 14.1. The van der Waals surface area contributed by atoms with Crippen molar-refractivity contribution in [1.29, 1.82) is 0 Å². The minimum absolute atomic E-state index is 0.0900. The molecule has 7 nitrogen and oxygen atoms in total. The molecule has 1 saturated heterocycles. The minimum atomic E-state index is -3.18. The van der Waals surface area contributed by atoms with E-state index in [0.29, 0.717) is 31.9 Å². The number of carbonyl (C=O) groups is 1. The Bertz CT molecular complexity index is 836. The number of carbonyl (C=O) groups excluding carboxylic acids is 1. The van der Waals surface area contributed by atoms with Crippen molar-refractivity contribution >= 4 is 21.6 Å². The predicted molar refractivity (Wildman–Crippen MR) is 86.9 cm³/mol. The summed E-state index contributed by atoms with van der Waals surface area (Å²) in [5.74, 6) is -0.0629. The van der Waals surface area contributed by atoms with E-state index in [9.17, 15) is 13.2 Å². The van der Waals surface area contributed by atoms with Crippen LogP contribution in [-0.4, -0.2) is 64.8 Å². The van der Waals surface area contributed by atoms with Crippen LogP contribution < -0.4 is 0 Å². The molecule has 0 atom stereocenters. The number of sulfonamides is 1. The third-order valence-corrected chi connectivity index (χ3v) is 6.00. The molecule has 0 aliphatic carbocycles. The Kier molecular flexibility index (Phi) is 4.11. The summed E-state index contributed by atoms with van der Waals surface area (Å²) in [6.45, 7) is 5.08. The number of fused-ring (bicyclic) bond motifs is 1. The van der Waals surface area contributed by atoms with Gasteiger partial charge in [0.1, 0.15) is 11.3 Å². The van der Waals surface area contributed by atoms with Gasteiger partial charge >= 0.3 is 0 Å². The van der Waals surface area contributed by atoms with Crippen molar-refractivity contribution in [2.75, 3.05) is 31.9 Å². The van der Waals surface area contributed by atoms with E-state index < -0.39 is 10.0 Å². The van der Waals surface area contributed by atoms with Gasteiger partial charge in [0.25, 0.3) is 5.91 Å². The molecule has 0 unspecified atom stereocenters. The van der Waals surface area contributed by atoms with E-state index >= 15 is 0 Å². The molecule has 0 radical (unpaired) electrons. The molecule has 1 fully saturated rings. The van der Waals surface area contributed by atoms with Crippen molar-refractivity contribution in [2.24, 2.45) is 0 Å². The first-order valence-corrected chi connectivity index (χ1v) is 9.24. The van der Waals surface area contributed by atoms with Crippen molar-refractivity contribution in [3.05, 3.63) is 35.8 Å². The lowest BCUT2D eigenvalue weighted by molar-refractivity contribution is 0.0693. The molecule has 124 valence electrons. The van der Waals surface area contributed by atoms with Gasteiger partial charge in [-0.25, -0.2) is 13.4 Å². The van der Waals surface area contributed by atoms with E-state index in [-0.39, 0.29) is 11.7 Å². The number of aryl methyl sites for hydroxylation is 1. The Labute approximate surface area is 135 Å². The lowest BCUT2D eigenvalue weighted by Gasteiger charge is -2.33. The highest BCUT2D eigenvalue weighted by Crippen LogP contribution is 2.13. The fourth-order valence-electron chi connectivity index (χ4n) is 2.70. The smallest absolute Gasteiger partial charge is 0.274 e. The van der Waals surface area contributed by atoms with Crippen molar-refractivity contribution < 1.29 is 13.2 Å². The van der Waals surface area contributed by atoms with Gasteiger partial charge in [0.2, 0.25) is 10.0 Å². The molecule has 2 aromatic rings. The molecule has 0 saturated carbocycles. The Morgan fingerprint density at radius 3 is 2.61 bits per heavy atom.